The molecular weight excluding hydrogens is 320 g/mol. The average Bonchev–Trinajstić information content (AvgIpc) is 3.14. The van der Waals surface area contributed by atoms with Gasteiger partial charge in [0.2, 0.25) is 11.8 Å². The molecule has 23 heavy (non-hydrogen) atoms. The lowest BCUT2D eigenvalue weighted by atomic mass is 9.80. The summed E-state index contributed by atoms with van der Waals surface area (Å²) in [6.45, 7) is 0.0179. The molecule has 0 bridgehead atoms. The van der Waals surface area contributed by atoms with Crippen LogP contribution in [0.5, 0.6) is 0 Å². The number of amides is 2. The van der Waals surface area contributed by atoms with Gasteiger partial charge in [-0.3, -0.25) is 9.59 Å². The Morgan fingerprint density at radius 1 is 1.13 bits per heavy atom. The summed E-state index contributed by atoms with van der Waals surface area (Å²) in [4.78, 5) is 23.8. The van der Waals surface area contributed by atoms with E-state index in [1.165, 1.54) is 6.42 Å². The highest BCUT2D eigenvalue weighted by Gasteiger charge is 2.60. The first-order chi connectivity index (χ1) is 10.8. The van der Waals surface area contributed by atoms with Crippen LogP contribution in [0.4, 0.5) is 0 Å². The van der Waals surface area contributed by atoms with Gasteiger partial charge in [0.15, 0.2) is 9.84 Å². The Kier molecular flexibility index (Phi) is 4.39. The van der Waals surface area contributed by atoms with Gasteiger partial charge < -0.3 is 15.7 Å². The molecule has 2 aliphatic carbocycles. The van der Waals surface area contributed by atoms with Gasteiger partial charge in [0.25, 0.3) is 0 Å². The first-order valence-electron chi connectivity index (χ1n) is 8.29. The van der Waals surface area contributed by atoms with E-state index in [1.54, 1.807) is 0 Å². The topological polar surface area (TPSA) is 113 Å². The van der Waals surface area contributed by atoms with Crippen molar-refractivity contribution in [3.63, 3.8) is 0 Å². The Balaban J connectivity index is 1.36. The van der Waals surface area contributed by atoms with Crippen molar-refractivity contribution in [1.82, 2.24) is 10.6 Å². The van der Waals surface area contributed by atoms with Gasteiger partial charge in [-0.2, -0.15) is 0 Å². The molecule has 0 aromatic heterocycles. The Labute approximate surface area is 136 Å². The van der Waals surface area contributed by atoms with Crippen LogP contribution in [-0.4, -0.2) is 55.5 Å². The molecule has 3 rings (SSSR count). The minimum absolute atomic E-state index is 0.0200. The second-order valence-electron chi connectivity index (χ2n) is 7.11. The van der Waals surface area contributed by atoms with Crippen LogP contribution in [0, 0.1) is 11.3 Å². The van der Waals surface area contributed by atoms with E-state index in [0.29, 0.717) is 12.8 Å². The first kappa shape index (κ1) is 16.7. The number of hydrogen-bond donors (Lipinski definition) is 3. The zero-order valence-electron chi connectivity index (χ0n) is 13.1. The number of aliphatic hydroxyl groups excluding tert-OH is 1. The lowest BCUT2D eigenvalue weighted by Crippen LogP contribution is -2.44. The maximum atomic E-state index is 12.0. The molecule has 1 aliphatic heterocycles. The fourth-order valence-electron chi connectivity index (χ4n) is 3.73. The SMILES string of the molecule is O=C(NCC(O)CNC(=O)C1CCCS1(=O)=O)C1CC12CCC2. The molecule has 1 spiro atoms. The third kappa shape index (κ3) is 3.38. The number of hydrogen-bond acceptors (Lipinski definition) is 5. The molecule has 7 nitrogen and oxygen atoms in total. The van der Waals surface area contributed by atoms with Gasteiger partial charge in [-0.25, -0.2) is 8.42 Å². The largest absolute Gasteiger partial charge is 0.389 e. The summed E-state index contributed by atoms with van der Waals surface area (Å²) in [5.74, 6) is -0.439. The van der Waals surface area contributed by atoms with E-state index in [-0.39, 0.29) is 36.1 Å². The highest BCUT2D eigenvalue weighted by Crippen LogP contribution is 2.65. The number of aliphatic hydroxyl groups is 1. The summed E-state index contributed by atoms with van der Waals surface area (Å²) in [6.07, 6.45) is 4.32. The molecule has 3 atom stereocenters. The van der Waals surface area contributed by atoms with Crippen molar-refractivity contribution in [3.8, 4) is 0 Å². The second kappa shape index (κ2) is 6.05. The summed E-state index contributed by atoms with van der Waals surface area (Å²) >= 11 is 0. The van der Waals surface area contributed by atoms with Crippen LogP contribution in [0.3, 0.4) is 0 Å². The number of rotatable bonds is 6. The van der Waals surface area contributed by atoms with Gasteiger partial charge in [0, 0.05) is 19.0 Å². The van der Waals surface area contributed by atoms with E-state index in [9.17, 15) is 23.1 Å². The van der Waals surface area contributed by atoms with Gasteiger partial charge in [0.05, 0.1) is 11.9 Å². The summed E-state index contributed by atoms with van der Waals surface area (Å²) < 4.78 is 23.3. The zero-order chi connectivity index (χ0) is 16.7. The number of carbonyl (C=O) groups excluding carboxylic acids is 2. The molecule has 0 aromatic rings. The van der Waals surface area contributed by atoms with Gasteiger partial charge in [-0.1, -0.05) is 6.42 Å². The fraction of sp³-hybridized carbons (Fsp3) is 0.867. The minimum Gasteiger partial charge on any atom is -0.389 e. The summed E-state index contributed by atoms with van der Waals surface area (Å²) in [5.41, 5.74) is 0.250. The molecule has 0 radical (unpaired) electrons. The molecule has 3 aliphatic rings. The van der Waals surface area contributed by atoms with E-state index in [4.69, 9.17) is 0 Å². The van der Waals surface area contributed by atoms with Gasteiger partial charge in [0.1, 0.15) is 5.25 Å². The third-order valence-corrected chi connectivity index (χ3v) is 7.67. The van der Waals surface area contributed by atoms with Gasteiger partial charge in [-0.05, 0) is 37.5 Å². The molecule has 2 saturated carbocycles. The Morgan fingerprint density at radius 3 is 2.26 bits per heavy atom. The fourth-order valence-corrected chi connectivity index (χ4v) is 5.52. The van der Waals surface area contributed by atoms with Gasteiger partial charge >= 0.3 is 0 Å². The van der Waals surface area contributed by atoms with Crippen molar-refractivity contribution < 1.29 is 23.1 Å². The van der Waals surface area contributed by atoms with Crippen LogP contribution in [-0.2, 0) is 19.4 Å². The molecule has 3 unspecified atom stereocenters. The van der Waals surface area contributed by atoms with E-state index in [0.717, 1.165) is 19.3 Å². The molecular formula is C15H24N2O5S. The molecule has 3 fully saturated rings. The molecule has 1 saturated heterocycles. The molecule has 1 heterocycles. The van der Waals surface area contributed by atoms with Crippen LogP contribution in [0.25, 0.3) is 0 Å². The van der Waals surface area contributed by atoms with Crippen LogP contribution in [0.1, 0.15) is 38.5 Å². The molecule has 0 aromatic carbocycles. The molecule has 2 amide bonds. The second-order valence-corrected chi connectivity index (χ2v) is 9.42. The normalized spacial score (nSPS) is 31.2. The predicted molar refractivity (Wildman–Crippen MR) is 83.2 cm³/mol. The summed E-state index contributed by atoms with van der Waals surface area (Å²) in [5, 5.41) is 14.0. The maximum absolute atomic E-state index is 12.0. The maximum Gasteiger partial charge on any atom is 0.238 e. The zero-order valence-corrected chi connectivity index (χ0v) is 13.9. The average molecular weight is 344 g/mol. The van der Waals surface area contributed by atoms with Crippen LogP contribution in [0.15, 0.2) is 0 Å². The van der Waals surface area contributed by atoms with Crippen molar-refractivity contribution in [1.29, 1.82) is 0 Å². The number of carbonyl (C=O) groups is 2. The predicted octanol–water partition coefficient (Wildman–Crippen LogP) is -0.653. The summed E-state index contributed by atoms with van der Waals surface area (Å²) in [7, 11) is -3.34. The molecule has 3 N–H and O–H groups in total. The number of sulfone groups is 1. The summed E-state index contributed by atoms with van der Waals surface area (Å²) in [6, 6.07) is 0. The molecule has 8 heteroatoms. The standard InChI is InChI=1S/C15H24N2O5S/c18-10(8-16-13(19)11-7-15(11)4-2-5-15)9-17-14(20)12-3-1-6-23(12,21)22/h10-12,18H,1-9H2,(H,16,19)(H,17,20). The van der Waals surface area contributed by atoms with Crippen LogP contribution in [0.2, 0.25) is 0 Å². The van der Waals surface area contributed by atoms with Crippen LogP contribution < -0.4 is 10.6 Å². The third-order valence-electron chi connectivity index (χ3n) is 5.50. The Hall–Kier alpha value is -1.15. The lowest BCUT2D eigenvalue weighted by molar-refractivity contribution is -0.124. The highest BCUT2D eigenvalue weighted by atomic mass is 32.2. The Morgan fingerprint density at radius 2 is 1.78 bits per heavy atom. The molecule has 130 valence electrons. The first-order valence-corrected chi connectivity index (χ1v) is 10.0. The quantitative estimate of drug-likeness (QED) is 0.592. The van der Waals surface area contributed by atoms with Crippen molar-refractivity contribution in [2.24, 2.45) is 11.3 Å². The highest BCUT2D eigenvalue weighted by molar-refractivity contribution is 7.93. The van der Waals surface area contributed by atoms with E-state index in [2.05, 4.69) is 10.6 Å². The van der Waals surface area contributed by atoms with E-state index in [1.807, 2.05) is 0 Å². The number of nitrogens with one attached hydrogen (secondary N) is 2. The van der Waals surface area contributed by atoms with Crippen molar-refractivity contribution in [2.75, 3.05) is 18.8 Å². The monoisotopic (exact) mass is 344 g/mol. The minimum atomic E-state index is -3.34. The van der Waals surface area contributed by atoms with Crippen molar-refractivity contribution in [2.45, 2.75) is 49.9 Å². The van der Waals surface area contributed by atoms with Crippen molar-refractivity contribution >= 4 is 21.7 Å². The van der Waals surface area contributed by atoms with Crippen molar-refractivity contribution in [3.05, 3.63) is 0 Å². The Bertz CT molecular complexity index is 599. The smallest absolute Gasteiger partial charge is 0.238 e. The van der Waals surface area contributed by atoms with E-state index < -0.39 is 27.1 Å². The van der Waals surface area contributed by atoms with Gasteiger partial charge in [-0.15, -0.1) is 0 Å². The van der Waals surface area contributed by atoms with Crippen LogP contribution >= 0.6 is 0 Å². The van der Waals surface area contributed by atoms with E-state index >= 15 is 0 Å². The lowest BCUT2D eigenvalue weighted by Gasteiger charge is -2.26.